The summed E-state index contributed by atoms with van der Waals surface area (Å²) in [6.07, 6.45) is 3.89. The third kappa shape index (κ3) is 2.65. The first-order chi connectivity index (χ1) is 8.60. The van der Waals surface area contributed by atoms with E-state index in [0.29, 0.717) is 6.42 Å². The lowest BCUT2D eigenvalue weighted by molar-refractivity contribution is -0.122. The Labute approximate surface area is 108 Å². The molecule has 0 amide bonds. The number of ketones is 1. The van der Waals surface area contributed by atoms with Gasteiger partial charge in [0.1, 0.15) is 5.78 Å². The number of benzene rings is 1. The fourth-order valence-electron chi connectivity index (χ4n) is 1.92. The summed E-state index contributed by atoms with van der Waals surface area (Å²) in [5.41, 5.74) is 1.62. The highest BCUT2D eigenvalue weighted by Crippen LogP contribution is 2.25. The Bertz CT molecular complexity index is 517. The number of pyridine rings is 1. The lowest BCUT2D eigenvalue weighted by atomic mass is 9.78. The van der Waals surface area contributed by atoms with Crippen LogP contribution in [0, 0.1) is 0 Å². The average Bonchev–Trinajstić information content (AvgIpc) is 2.41. The molecule has 0 unspecified atom stereocenters. The summed E-state index contributed by atoms with van der Waals surface area (Å²) < 4.78 is 0. The molecule has 1 heterocycles. The van der Waals surface area contributed by atoms with Crippen LogP contribution in [0.5, 0.6) is 0 Å². The maximum absolute atomic E-state index is 12.4. The number of Topliss-reactive ketones (excluding diaryl/α,β-unsaturated/α-hetero) is 1. The molecule has 0 bridgehead atoms. The van der Waals surface area contributed by atoms with E-state index in [-0.39, 0.29) is 5.78 Å². The molecule has 0 saturated heterocycles. The van der Waals surface area contributed by atoms with Gasteiger partial charge in [-0.25, -0.2) is 0 Å². The van der Waals surface area contributed by atoms with Crippen molar-refractivity contribution in [1.82, 2.24) is 4.98 Å². The number of hydrogen-bond donors (Lipinski definition) is 0. The Morgan fingerprint density at radius 1 is 1.06 bits per heavy atom. The molecule has 0 aliphatic carbocycles. The summed E-state index contributed by atoms with van der Waals surface area (Å²) in [6.45, 7) is 3.96. The lowest BCUT2D eigenvalue weighted by Crippen LogP contribution is -2.30. The van der Waals surface area contributed by atoms with Gasteiger partial charge in [0.15, 0.2) is 0 Å². The van der Waals surface area contributed by atoms with E-state index in [2.05, 4.69) is 4.98 Å². The number of rotatable bonds is 4. The standard InChI is InChI=1S/C16H17NO/c1-16(2,14-6-4-3-5-7-14)15(18)12-13-8-10-17-11-9-13/h3-11H,12H2,1-2H3. The summed E-state index contributed by atoms with van der Waals surface area (Å²) in [6, 6.07) is 13.7. The van der Waals surface area contributed by atoms with Crippen molar-refractivity contribution in [2.75, 3.05) is 0 Å². The molecular weight excluding hydrogens is 222 g/mol. The van der Waals surface area contributed by atoms with Gasteiger partial charge in [-0.3, -0.25) is 9.78 Å². The van der Waals surface area contributed by atoms with Crippen LogP contribution in [-0.4, -0.2) is 10.8 Å². The quantitative estimate of drug-likeness (QED) is 0.820. The van der Waals surface area contributed by atoms with Crippen molar-refractivity contribution in [3.63, 3.8) is 0 Å². The molecule has 0 saturated carbocycles. The summed E-state index contributed by atoms with van der Waals surface area (Å²) in [5, 5.41) is 0. The van der Waals surface area contributed by atoms with E-state index >= 15 is 0 Å². The SMILES string of the molecule is CC(C)(C(=O)Cc1ccncc1)c1ccccc1. The van der Waals surface area contributed by atoms with Crippen molar-refractivity contribution in [3.05, 3.63) is 66.0 Å². The second kappa shape index (κ2) is 5.13. The largest absolute Gasteiger partial charge is 0.298 e. The van der Waals surface area contributed by atoms with Gasteiger partial charge in [-0.2, -0.15) is 0 Å². The molecular formula is C16H17NO. The molecule has 1 aromatic carbocycles. The predicted molar refractivity (Wildman–Crippen MR) is 72.4 cm³/mol. The van der Waals surface area contributed by atoms with Gasteiger partial charge in [0.25, 0.3) is 0 Å². The fourth-order valence-corrected chi connectivity index (χ4v) is 1.92. The van der Waals surface area contributed by atoms with Crippen LogP contribution in [-0.2, 0) is 16.6 Å². The van der Waals surface area contributed by atoms with Crippen LogP contribution in [0.1, 0.15) is 25.0 Å². The molecule has 0 fully saturated rings. The van der Waals surface area contributed by atoms with Crippen LogP contribution in [0.25, 0.3) is 0 Å². The first kappa shape index (κ1) is 12.5. The van der Waals surface area contributed by atoms with Gasteiger partial charge < -0.3 is 0 Å². The minimum absolute atomic E-state index is 0.222. The van der Waals surface area contributed by atoms with Gasteiger partial charge in [-0.15, -0.1) is 0 Å². The van der Waals surface area contributed by atoms with Crippen LogP contribution in [0.3, 0.4) is 0 Å². The first-order valence-corrected chi connectivity index (χ1v) is 6.08. The van der Waals surface area contributed by atoms with E-state index in [9.17, 15) is 4.79 Å². The molecule has 2 nitrogen and oxygen atoms in total. The minimum Gasteiger partial charge on any atom is -0.298 e. The molecule has 0 N–H and O–H groups in total. The first-order valence-electron chi connectivity index (χ1n) is 6.08. The highest BCUT2D eigenvalue weighted by atomic mass is 16.1. The van der Waals surface area contributed by atoms with E-state index in [0.717, 1.165) is 11.1 Å². The third-order valence-corrected chi connectivity index (χ3v) is 3.31. The summed E-state index contributed by atoms with van der Waals surface area (Å²) in [5.74, 6) is 0.222. The zero-order chi connectivity index (χ0) is 13.0. The van der Waals surface area contributed by atoms with Crippen LogP contribution in [0.4, 0.5) is 0 Å². The molecule has 2 heteroatoms. The topological polar surface area (TPSA) is 30.0 Å². The molecule has 0 aliphatic heterocycles. The number of carbonyl (C=O) groups excluding carboxylic acids is 1. The lowest BCUT2D eigenvalue weighted by Gasteiger charge is -2.23. The van der Waals surface area contributed by atoms with Crippen LogP contribution >= 0.6 is 0 Å². The molecule has 0 atom stereocenters. The molecule has 92 valence electrons. The number of carbonyl (C=O) groups is 1. The van der Waals surface area contributed by atoms with Gasteiger partial charge in [-0.05, 0) is 37.1 Å². The van der Waals surface area contributed by atoms with E-state index < -0.39 is 5.41 Å². The monoisotopic (exact) mass is 239 g/mol. The normalized spacial score (nSPS) is 11.2. The van der Waals surface area contributed by atoms with Gasteiger partial charge in [0.05, 0.1) is 0 Å². The number of aromatic nitrogens is 1. The van der Waals surface area contributed by atoms with Crippen LogP contribution in [0.15, 0.2) is 54.9 Å². The van der Waals surface area contributed by atoms with E-state index in [4.69, 9.17) is 0 Å². The number of hydrogen-bond acceptors (Lipinski definition) is 2. The Kier molecular flexibility index (Phi) is 3.56. The van der Waals surface area contributed by atoms with Gasteiger partial charge in [-0.1, -0.05) is 30.3 Å². The third-order valence-electron chi connectivity index (χ3n) is 3.31. The van der Waals surface area contributed by atoms with Crippen molar-refractivity contribution < 1.29 is 4.79 Å². The predicted octanol–water partition coefficient (Wildman–Crippen LogP) is 3.17. The molecule has 0 radical (unpaired) electrons. The van der Waals surface area contributed by atoms with Crippen LogP contribution < -0.4 is 0 Å². The van der Waals surface area contributed by atoms with E-state index in [1.54, 1.807) is 12.4 Å². The van der Waals surface area contributed by atoms with E-state index in [1.807, 2.05) is 56.3 Å². The van der Waals surface area contributed by atoms with Crippen molar-refractivity contribution in [2.24, 2.45) is 0 Å². The maximum Gasteiger partial charge on any atom is 0.147 e. The molecule has 2 aromatic rings. The molecule has 0 spiro atoms. The summed E-state index contributed by atoms with van der Waals surface area (Å²) >= 11 is 0. The van der Waals surface area contributed by atoms with Gasteiger partial charge in [0, 0.05) is 24.2 Å². The zero-order valence-corrected chi connectivity index (χ0v) is 10.8. The van der Waals surface area contributed by atoms with Gasteiger partial charge >= 0.3 is 0 Å². The molecule has 1 aromatic heterocycles. The zero-order valence-electron chi connectivity index (χ0n) is 10.8. The molecule has 18 heavy (non-hydrogen) atoms. The Hall–Kier alpha value is -1.96. The Morgan fingerprint density at radius 3 is 2.28 bits per heavy atom. The average molecular weight is 239 g/mol. The summed E-state index contributed by atoms with van der Waals surface area (Å²) in [4.78, 5) is 16.4. The van der Waals surface area contributed by atoms with Crippen molar-refractivity contribution >= 4 is 5.78 Å². The number of nitrogens with zero attached hydrogens (tertiary/aromatic N) is 1. The van der Waals surface area contributed by atoms with Crippen molar-refractivity contribution in [2.45, 2.75) is 25.7 Å². The summed E-state index contributed by atoms with van der Waals surface area (Å²) in [7, 11) is 0. The van der Waals surface area contributed by atoms with Gasteiger partial charge in [0.2, 0.25) is 0 Å². The van der Waals surface area contributed by atoms with Crippen LogP contribution in [0.2, 0.25) is 0 Å². The highest BCUT2D eigenvalue weighted by molar-refractivity contribution is 5.90. The minimum atomic E-state index is -0.454. The highest BCUT2D eigenvalue weighted by Gasteiger charge is 2.28. The van der Waals surface area contributed by atoms with Crippen molar-refractivity contribution in [3.8, 4) is 0 Å². The smallest absolute Gasteiger partial charge is 0.147 e. The second-order valence-corrected chi connectivity index (χ2v) is 4.95. The molecule has 2 rings (SSSR count). The Balaban J connectivity index is 2.18. The molecule has 0 aliphatic rings. The second-order valence-electron chi connectivity index (χ2n) is 4.95. The van der Waals surface area contributed by atoms with Crippen molar-refractivity contribution in [1.29, 1.82) is 0 Å². The van der Waals surface area contributed by atoms with E-state index in [1.165, 1.54) is 0 Å². The maximum atomic E-state index is 12.4. The Morgan fingerprint density at radius 2 is 1.67 bits per heavy atom. The fraction of sp³-hybridized carbons (Fsp3) is 0.250.